The van der Waals surface area contributed by atoms with E-state index in [4.69, 9.17) is 26.0 Å². The smallest absolute Gasteiger partial charge is 0.410 e. The standard InChI is InChI=1S/C24H37N7O3/c1-24(2,3)34-23(32)31-12-11-30(15-18(31)13-25-4)21-19-8-9-26-14-20(19)27-22(28-21)33-16-17-7-6-10-29(17)5/h17-18,26H,6-16H2,1-3,5H3/t17-,18-/m0/s1. The minimum atomic E-state index is -0.574. The van der Waals surface area contributed by atoms with Crippen LogP contribution in [0.1, 0.15) is 44.9 Å². The van der Waals surface area contributed by atoms with Gasteiger partial charge in [-0.15, -0.1) is 0 Å². The fraction of sp³-hybridized carbons (Fsp3) is 0.750. The van der Waals surface area contributed by atoms with E-state index in [0.717, 1.165) is 43.0 Å². The zero-order valence-electron chi connectivity index (χ0n) is 20.8. The average Bonchev–Trinajstić information content (AvgIpc) is 3.20. The van der Waals surface area contributed by atoms with Crippen LogP contribution in [0.25, 0.3) is 4.85 Å². The van der Waals surface area contributed by atoms with Gasteiger partial charge >= 0.3 is 12.1 Å². The molecule has 10 nitrogen and oxygen atoms in total. The number of hydrogen-bond donors (Lipinski definition) is 1. The summed E-state index contributed by atoms with van der Waals surface area (Å²) in [6.07, 6.45) is 2.80. The van der Waals surface area contributed by atoms with Crippen LogP contribution in [0.3, 0.4) is 0 Å². The number of ether oxygens (including phenoxy) is 2. The second-order valence-corrected chi connectivity index (χ2v) is 10.4. The summed E-state index contributed by atoms with van der Waals surface area (Å²) in [4.78, 5) is 32.2. The molecule has 1 aromatic rings. The van der Waals surface area contributed by atoms with Crippen molar-refractivity contribution in [2.45, 2.75) is 64.3 Å². The monoisotopic (exact) mass is 471 g/mol. The molecule has 1 N–H and O–H groups in total. The van der Waals surface area contributed by atoms with Crippen LogP contribution < -0.4 is 15.0 Å². The van der Waals surface area contributed by atoms with E-state index in [1.807, 2.05) is 20.8 Å². The van der Waals surface area contributed by atoms with Crippen molar-refractivity contribution in [2.75, 3.05) is 57.8 Å². The summed E-state index contributed by atoms with van der Waals surface area (Å²) in [5.74, 6) is 0.875. The van der Waals surface area contributed by atoms with E-state index >= 15 is 0 Å². The Morgan fingerprint density at radius 1 is 1.24 bits per heavy atom. The lowest BCUT2D eigenvalue weighted by atomic mass is 10.1. The maximum Gasteiger partial charge on any atom is 0.410 e. The van der Waals surface area contributed by atoms with E-state index in [1.165, 1.54) is 6.42 Å². The van der Waals surface area contributed by atoms with Crippen LogP contribution in [-0.4, -0.2) is 96.5 Å². The Balaban J connectivity index is 1.54. The van der Waals surface area contributed by atoms with E-state index in [-0.39, 0.29) is 18.7 Å². The summed E-state index contributed by atoms with van der Waals surface area (Å²) in [7, 11) is 2.13. The van der Waals surface area contributed by atoms with E-state index < -0.39 is 5.60 Å². The number of likely N-dealkylation sites (tertiary alicyclic amines) is 1. The Morgan fingerprint density at radius 3 is 2.76 bits per heavy atom. The zero-order chi connectivity index (χ0) is 24.3. The third-order valence-electron chi connectivity index (χ3n) is 6.68. The largest absolute Gasteiger partial charge is 0.462 e. The zero-order valence-corrected chi connectivity index (χ0v) is 20.8. The molecule has 10 heteroatoms. The SMILES string of the molecule is [C-]#[N+]C[C@H]1CN(c2nc(OC[C@@H]3CCCN3C)nc3c2CCNC3)CCN1C(=O)OC(C)(C)C. The maximum absolute atomic E-state index is 12.8. The molecule has 0 radical (unpaired) electrons. The molecule has 0 aliphatic carbocycles. The molecule has 1 amide bonds. The van der Waals surface area contributed by atoms with Gasteiger partial charge in [0.1, 0.15) is 24.1 Å². The maximum atomic E-state index is 12.8. The second kappa shape index (κ2) is 10.3. The minimum absolute atomic E-state index is 0.224. The third-order valence-corrected chi connectivity index (χ3v) is 6.68. The predicted octanol–water partition coefficient (Wildman–Crippen LogP) is 1.94. The van der Waals surface area contributed by atoms with E-state index in [2.05, 4.69) is 27.0 Å². The number of carbonyl (C=O) groups excluding carboxylic acids is 1. The van der Waals surface area contributed by atoms with Gasteiger partial charge in [0.15, 0.2) is 0 Å². The van der Waals surface area contributed by atoms with Crippen LogP contribution >= 0.6 is 0 Å². The molecule has 3 aliphatic rings. The Labute approximate surface area is 202 Å². The van der Waals surface area contributed by atoms with Gasteiger partial charge < -0.3 is 29.4 Å². The lowest BCUT2D eigenvalue weighted by Gasteiger charge is -2.41. The van der Waals surface area contributed by atoms with E-state index in [1.54, 1.807) is 4.90 Å². The molecule has 3 aliphatic heterocycles. The summed E-state index contributed by atoms with van der Waals surface area (Å²) in [6, 6.07) is 0.542. The number of nitrogens with zero attached hydrogens (tertiary/aromatic N) is 6. The molecular formula is C24H37N7O3. The molecular weight excluding hydrogens is 434 g/mol. The van der Waals surface area contributed by atoms with Crippen molar-refractivity contribution < 1.29 is 14.3 Å². The molecule has 0 aromatic carbocycles. The van der Waals surface area contributed by atoms with Gasteiger partial charge in [-0.05, 0) is 60.2 Å². The second-order valence-electron chi connectivity index (χ2n) is 10.4. The molecule has 2 saturated heterocycles. The van der Waals surface area contributed by atoms with Crippen LogP contribution in [0.15, 0.2) is 0 Å². The first kappa shape index (κ1) is 24.5. The van der Waals surface area contributed by atoms with Gasteiger partial charge in [0, 0.05) is 37.8 Å². The molecule has 4 heterocycles. The summed E-state index contributed by atoms with van der Waals surface area (Å²) < 4.78 is 11.7. The van der Waals surface area contributed by atoms with Crippen molar-refractivity contribution in [3.05, 3.63) is 22.7 Å². The molecule has 1 aromatic heterocycles. The van der Waals surface area contributed by atoms with Gasteiger partial charge in [0.2, 0.25) is 6.54 Å². The molecule has 2 atom stereocenters. The number of aromatic nitrogens is 2. The number of anilines is 1. The van der Waals surface area contributed by atoms with Crippen molar-refractivity contribution in [1.82, 2.24) is 25.1 Å². The fourth-order valence-electron chi connectivity index (χ4n) is 4.87. The molecule has 4 rings (SSSR count). The van der Waals surface area contributed by atoms with Crippen molar-refractivity contribution in [3.8, 4) is 6.01 Å². The average molecular weight is 472 g/mol. The Kier molecular flexibility index (Phi) is 7.43. The fourth-order valence-corrected chi connectivity index (χ4v) is 4.87. The van der Waals surface area contributed by atoms with Crippen LogP contribution in [-0.2, 0) is 17.7 Å². The number of hydrogen-bond acceptors (Lipinski definition) is 8. The molecule has 2 fully saturated rings. The molecule has 0 bridgehead atoms. The quantitative estimate of drug-likeness (QED) is 0.652. The van der Waals surface area contributed by atoms with Crippen LogP contribution in [0.5, 0.6) is 6.01 Å². The Morgan fingerprint density at radius 2 is 2.06 bits per heavy atom. The van der Waals surface area contributed by atoms with Gasteiger partial charge in [-0.3, -0.25) is 4.90 Å². The minimum Gasteiger partial charge on any atom is -0.462 e. The number of amides is 1. The third kappa shape index (κ3) is 5.70. The number of carbonyl (C=O) groups is 1. The molecule has 0 saturated carbocycles. The predicted molar refractivity (Wildman–Crippen MR) is 129 cm³/mol. The highest BCUT2D eigenvalue weighted by Gasteiger charge is 2.37. The number of rotatable bonds is 5. The summed E-state index contributed by atoms with van der Waals surface area (Å²) in [5, 5.41) is 3.39. The molecule has 0 unspecified atom stereocenters. The normalized spacial score (nSPS) is 23.4. The molecule has 0 spiro atoms. The summed E-state index contributed by atoms with van der Waals surface area (Å²) in [6.45, 7) is 18.1. The molecule has 186 valence electrons. The van der Waals surface area contributed by atoms with E-state index in [0.29, 0.717) is 44.8 Å². The number of nitrogens with one attached hydrogen (secondary N) is 1. The van der Waals surface area contributed by atoms with Gasteiger partial charge in [0.25, 0.3) is 0 Å². The number of likely N-dealkylation sites (N-methyl/N-ethyl adjacent to an activating group) is 1. The highest BCUT2D eigenvalue weighted by atomic mass is 16.6. The van der Waals surface area contributed by atoms with Gasteiger partial charge in [-0.2, -0.15) is 9.97 Å². The number of piperazine rings is 1. The van der Waals surface area contributed by atoms with Gasteiger partial charge in [-0.25, -0.2) is 11.4 Å². The van der Waals surface area contributed by atoms with Crippen LogP contribution in [0, 0.1) is 6.57 Å². The highest BCUT2D eigenvalue weighted by molar-refractivity contribution is 5.69. The first-order valence-electron chi connectivity index (χ1n) is 12.3. The Hall–Kier alpha value is -2.64. The summed E-state index contributed by atoms with van der Waals surface area (Å²) in [5.41, 5.74) is 1.54. The van der Waals surface area contributed by atoms with Crippen molar-refractivity contribution in [2.24, 2.45) is 0 Å². The lowest BCUT2D eigenvalue weighted by Crippen LogP contribution is -2.57. The highest BCUT2D eigenvalue weighted by Crippen LogP contribution is 2.29. The summed E-state index contributed by atoms with van der Waals surface area (Å²) >= 11 is 0. The topological polar surface area (TPSA) is 87.4 Å². The van der Waals surface area contributed by atoms with Crippen LogP contribution in [0.4, 0.5) is 10.6 Å². The van der Waals surface area contributed by atoms with Crippen molar-refractivity contribution >= 4 is 11.9 Å². The van der Waals surface area contributed by atoms with Crippen molar-refractivity contribution in [3.63, 3.8) is 0 Å². The Bertz CT molecular complexity index is 926. The number of fused-ring (bicyclic) bond motifs is 1. The van der Waals surface area contributed by atoms with Gasteiger partial charge in [-0.1, -0.05) is 0 Å². The van der Waals surface area contributed by atoms with Crippen molar-refractivity contribution in [1.29, 1.82) is 0 Å². The molecule has 34 heavy (non-hydrogen) atoms. The first-order valence-corrected chi connectivity index (χ1v) is 12.3. The van der Waals surface area contributed by atoms with Crippen LogP contribution in [0.2, 0.25) is 0 Å². The van der Waals surface area contributed by atoms with Gasteiger partial charge in [0.05, 0.1) is 5.69 Å². The van der Waals surface area contributed by atoms with E-state index in [9.17, 15) is 4.79 Å². The first-order chi connectivity index (χ1) is 16.2. The lowest BCUT2D eigenvalue weighted by molar-refractivity contribution is 0.0155.